The van der Waals surface area contributed by atoms with Gasteiger partial charge in [-0.25, -0.2) is 8.42 Å². The number of methoxy groups -OCH3 is 2. The van der Waals surface area contributed by atoms with Crippen LogP contribution in [0.2, 0.25) is 10.0 Å². The number of sulfonamides is 1. The molecule has 3 aromatic carbocycles. The Balaban J connectivity index is 1.89. The number of carbonyl (C=O) groups excluding carboxylic acids is 1. The maximum Gasteiger partial charge on any atom is 0.265 e. The van der Waals surface area contributed by atoms with Gasteiger partial charge in [-0.1, -0.05) is 23.2 Å². The number of carbonyl (C=O) groups is 1. The van der Waals surface area contributed by atoms with E-state index in [0.29, 0.717) is 21.5 Å². The Labute approximate surface area is 189 Å². The second-order valence-corrected chi connectivity index (χ2v) is 8.84. The average Bonchev–Trinajstić information content (AvgIpc) is 2.73. The molecule has 0 aliphatic carbocycles. The van der Waals surface area contributed by atoms with Crippen LogP contribution in [0.5, 0.6) is 11.5 Å². The standard InChI is InChI=1S/C21H18Cl2N2O5S/c1-29-18-6-3-16(4-7-18)25-31(27,28)20-12-17(5-8-19(20)30-2)24-21(26)13-9-14(22)11-15(23)10-13/h3-12,25H,1-2H3,(H,24,26). The number of hydrogen-bond acceptors (Lipinski definition) is 5. The first-order chi connectivity index (χ1) is 14.7. The number of hydrogen-bond donors (Lipinski definition) is 2. The Kier molecular flexibility index (Phi) is 6.94. The lowest BCUT2D eigenvalue weighted by Crippen LogP contribution is -2.16. The maximum absolute atomic E-state index is 13.0. The third-order valence-corrected chi connectivity index (χ3v) is 6.02. The van der Waals surface area contributed by atoms with Gasteiger partial charge >= 0.3 is 0 Å². The van der Waals surface area contributed by atoms with E-state index < -0.39 is 15.9 Å². The van der Waals surface area contributed by atoms with Gasteiger partial charge in [0.25, 0.3) is 15.9 Å². The number of amides is 1. The van der Waals surface area contributed by atoms with Crippen molar-refractivity contribution in [3.8, 4) is 11.5 Å². The predicted octanol–water partition coefficient (Wildman–Crippen LogP) is 5.06. The highest BCUT2D eigenvalue weighted by Gasteiger charge is 2.21. The van der Waals surface area contributed by atoms with Crippen LogP contribution in [0, 0.1) is 0 Å². The Morgan fingerprint density at radius 3 is 2.03 bits per heavy atom. The molecule has 2 N–H and O–H groups in total. The van der Waals surface area contributed by atoms with Crippen molar-refractivity contribution in [3.63, 3.8) is 0 Å². The minimum Gasteiger partial charge on any atom is -0.497 e. The summed E-state index contributed by atoms with van der Waals surface area (Å²) >= 11 is 11.9. The summed E-state index contributed by atoms with van der Waals surface area (Å²) in [5, 5.41) is 3.24. The molecule has 31 heavy (non-hydrogen) atoms. The first-order valence-electron chi connectivity index (χ1n) is 8.84. The minimum atomic E-state index is -4.02. The molecule has 10 heteroatoms. The number of halogens is 2. The number of anilines is 2. The van der Waals surface area contributed by atoms with Gasteiger partial charge in [-0.15, -0.1) is 0 Å². The van der Waals surface area contributed by atoms with Gasteiger partial charge in [0.05, 0.1) is 14.2 Å². The SMILES string of the molecule is COc1ccc(NS(=O)(=O)c2cc(NC(=O)c3cc(Cl)cc(Cl)c3)ccc2OC)cc1. The molecule has 0 aliphatic heterocycles. The average molecular weight is 481 g/mol. The van der Waals surface area contributed by atoms with Crippen LogP contribution in [0.15, 0.2) is 65.6 Å². The molecule has 0 saturated heterocycles. The molecule has 0 aliphatic rings. The minimum absolute atomic E-state index is 0.116. The number of rotatable bonds is 7. The molecule has 0 spiro atoms. The zero-order valence-corrected chi connectivity index (χ0v) is 18.8. The number of benzene rings is 3. The summed E-state index contributed by atoms with van der Waals surface area (Å²) < 4.78 is 38.7. The molecule has 0 unspecified atom stereocenters. The molecule has 3 aromatic rings. The smallest absolute Gasteiger partial charge is 0.265 e. The quantitative estimate of drug-likeness (QED) is 0.492. The number of ether oxygens (including phenoxy) is 2. The van der Waals surface area contributed by atoms with Crippen LogP contribution >= 0.6 is 23.2 Å². The normalized spacial score (nSPS) is 11.0. The van der Waals surface area contributed by atoms with Crippen LogP contribution in [0.3, 0.4) is 0 Å². The van der Waals surface area contributed by atoms with Crippen molar-refractivity contribution >= 4 is 50.5 Å². The Bertz CT molecular complexity index is 1190. The third kappa shape index (κ3) is 5.61. The third-order valence-electron chi connectivity index (χ3n) is 4.18. The molecule has 0 heterocycles. The van der Waals surface area contributed by atoms with E-state index in [-0.39, 0.29) is 21.9 Å². The van der Waals surface area contributed by atoms with Crippen LogP contribution in [0.4, 0.5) is 11.4 Å². The molecule has 0 aromatic heterocycles. The van der Waals surface area contributed by atoms with Crippen molar-refractivity contribution < 1.29 is 22.7 Å². The Morgan fingerprint density at radius 1 is 0.839 bits per heavy atom. The second kappa shape index (κ2) is 9.47. The van der Waals surface area contributed by atoms with Crippen LogP contribution < -0.4 is 19.5 Å². The lowest BCUT2D eigenvalue weighted by molar-refractivity contribution is 0.102. The summed E-state index contributed by atoms with van der Waals surface area (Å²) in [5.74, 6) is 0.206. The number of nitrogens with one attached hydrogen (secondary N) is 2. The molecule has 162 valence electrons. The predicted molar refractivity (Wildman–Crippen MR) is 121 cm³/mol. The van der Waals surface area contributed by atoms with E-state index in [9.17, 15) is 13.2 Å². The fourth-order valence-corrected chi connectivity index (χ4v) is 4.50. The Hall–Kier alpha value is -2.94. The fourth-order valence-electron chi connectivity index (χ4n) is 2.72. The maximum atomic E-state index is 13.0. The molecular formula is C21H18Cl2N2O5S. The molecule has 0 fully saturated rings. The van der Waals surface area contributed by atoms with Crippen molar-refractivity contribution in [2.75, 3.05) is 24.3 Å². The molecule has 0 bridgehead atoms. The van der Waals surface area contributed by atoms with Crippen molar-refractivity contribution in [2.45, 2.75) is 4.90 Å². The zero-order valence-electron chi connectivity index (χ0n) is 16.5. The first-order valence-corrected chi connectivity index (χ1v) is 11.1. The van der Waals surface area contributed by atoms with Gasteiger partial charge < -0.3 is 14.8 Å². The zero-order chi connectivity index (χ0) is 22.6. The van der Waals surface area contributed by atoms with E-state index >= 15 is 0 Å². The lowest BCUT2D eigenvalue weighted by atomic mass is 10.2. The van der Waals surface area contributed by atoms with Gasteiger partial charge in [0.15, 0.2) is 0 Å². The monoisotopic (exact) mass is 480 g/mol. The van der Waals surface area contributed by atoms with E-state index in [2.05, 4.69) is 10.0 Å². The highest BCUT2D eigenvalue weighted by molar-refractivity contribution is 7.92. The van der Waals surface area contributed by atoms with E-state index in [1.165, 1.54) is 50.6 Å². The molecule has 0 radical (unpaired) electrons. The van der Waals surface area contributed by atoms with Crippen molar-refractivity contribution in [2.24, 2.45) is 0 Å². The summed E-state index contributed by atoms with van der Waals surface area (Å²) in [6, 6.07) is 15.1. The summed E-state index contributed by atoms with van der Waals surface area (Å²) in [7, 11) is -1.15. The Morgan fingerprint density at radius 2 is 1.45 bits per heavy atom. The summed E-state index contributed by atoms with van der Waals surface area (Å²) in [6.07, 6.45) is 0. The fraction of sp³-hybridized carbons (Fsp3) is 0.0952. The molecule has 0 saturated carbocycles. The highest BCUT2D eigenvalue weighted by atomic mass is 35.5. The summed E-state index contributed by atoms with van der Waals surface area (Å²) in [5.41, 5.74) is 0.817. The van der Waals surface area contributed by atoms with Crippen LogP contribution in [-0.2, 0) is 10.0 Å². The second-order valence-electron chi connectivity index (χ2n) is 6.31. The van der Waals surface area contributed by atoms with E-state index in [0.717, 1.165) is 0 Å². The molecule has 0 atom stereocenters. The molecular weight excluding hydrogens is 463 g/mol. The van der Waals surface area contributed by atoms with Gasteiger partial charge in [-0.05, 0) is 60.7 Å². The van der Waals surface area contributed by atoms with Gasteiger partial charge in [-0.3, -0.25) is 9.52 Å². The van der Waals surface area contributed by atoms with Crippen molar-refractivity contribution in [1.82, 2.24) is 0 Å². The van der Waals surface area contributed by atoms with E-state index in [1.807, 2.05) is 0 Å². The van der Waals surface area contributed by atoms with Gasteiger partial charge in [0, 0.05) is 27.0 Å². The molecule has 3 rings (SSSR count). The van der Waals surface area contributed by atoms with Crippen LogP contribution in [0.25, 0.3) is 0 Å². The van der Waals surface area contributed by atoms with Crippen LogP contribution in [-0.4, -0.2) is 28.5 Å². The van der Waals surface area contributed by atoms with Gasteiger partial charge in [-0.2, -0.15) is 0 Å². The van der Waals surface area contributed by atoms with Gasteiger partial charge in [0.1, 0.15) is 16.4 Å². The van der Waals surface area contributed by atoms with E-state index in [4.69, 9.17) is 32.7 Å². The lowest BCUT2D eigenvalue weighted by Gasteiger charge is -2.14. The van der Waals surface area contributed by atoms with Crippen molar-refractivity contribution in [1.29, 1.82) is 0 Å². The summed E-state index contributed by atoms with van der Waals surface area (Å²) in [4.78, 5) is 12.4. The van der Waals surface area contributed by atoms with Gasteiger partial charge in [0.2, 0.25) is 0 Å². The highest BCUT2D eigenvalue weighted by Crippen LogP contribution is 2.30. The van der Waals surface area contributed by atoms with Crippen LogP contribution in [0.1, 0.15) is 10.4 Å². The molecule has 7 nitrogen and oxygen atoms in total. The molecule has 1 amide bonds. The summed E-state index contributed by atoms with van der Waals surface area (Å²) in [6.45, 7) is 0. The van der Waals surface area contributed by atoms with Crippen molar-refractivity contribution in [3.05, 3.63) is 76.3 Å². The topological polar surface area (TPSA) is 93.7 Å². The van der Waals surface area contributed by atoms with E-state index in [1.54, 1.807) is 24.3 Å². The largest absolute Gasteiger partial charge is 0.497 e. The first kappa shape index (κ1) is 22.7.